The number of anilines is 1. The number of nitrogens with zero attached hydrogens (tertiary/aromatic N) is 2. The molecule has 0 unspecified atom stereocenters. The summed E-state index contributed by atoms with van der Waals surface area (Å²) in [5.41, 5.74) is 6.33. The number of ether oxygens (including phenoxy) is 2. The molecule has 1 fully saturated rings. The highest BCUT2D eigenvalue weighted by Crippen LogP contribution is 2.22. The Balaban J connectivity index is 1.67. The van der Waals surface area contributed by atoms with Crippen molar-refractivity contribution in [3.05, 3.63) is 23.8 Å². The second kappa shape index (κ2) is 9.64. The van der Waals surface area contributed by atoms with E-state index in [0.717, 1.165) is 26.1 Å². The van der Waals surface area contributed by atoms with E-state index < -0.39 is 5.60 Å². The Hall–Kier alpha value is -2.48. The van der Waals surface area contributed by atoms with Gasteiger partial charge in [0.25, 0.3) is 5.91 Å². The molecule has 3 N–H and O–H groups in total. The van der Waals surface area contributed by atoms with Gasteiger partial charge in [-0.25, -0.2) is 4.79 Å². The van der Waals surface area contributed by atoms with E-state index in [0.29, 0.717) is 36.6 Å². The number of nitrogens with one attached hydrogen (secondary N) is 1. The van der Waals surface area contributed by atoms with Gasteiger partial charge in [-0.05, 0) is 51.9 Å². The fourth-order valence-corrected chi connectivity index (χ4v) is 2.94. The summed E-state index contributed by atoms with van der Waals surface area (Å²) < 4.78 is 10.6. The van der Waals surface area contributed by atoms with E-state index >= 15 is 0 Å². The van der Waals surface area contributed by atoms with Gasteiger partial charge in [-0.3, -0.25) is 9.69 Å². The Kier molecular flexibility index (Phi) is 7.51. The van der Waals surface area contributed by atoms with E-state index in [1.165, 1.54) is 7.11 Å². The van der Waals surface area contributed by atoms with Crippen LogP contribution in [0.15, 0.2) is 18.2 Å². The SMILES string of the molecule is COc1cc(C(=O)NCCCN2CCN(C(=O)OC(C)(C)C)CC2)ccc1N. The van der Waals surface area contributed by atoms with Crippen LogP contribution in [0.1, 0.15) is 37.6 Å². The summed E-state index contributed by atoms with van der Waals surface area (Å²) in [6.45, 7) is 10.00. The fraction of sp³-hybridized carbons (Fsp3) is 0.600. The number of rotatable bonds is 6. The molecule has 0 atom stereocenters. The van der Waals surface area contributed by atoms with Gasteiger partial charge in [0, 0.05) is 38.3 Å². The van der Waals surface area contributed by atoms with Gasteiger partial charge in [-0.15, -0.1) is 0 Å². The van der Waals surface area contributed by atoms with Crippen LogP contribution < -0.4 is 15.8 Å². The zero-order chi connectivity index (χ0) is 20.7. The van der Waals surface area contributed by atoms with E-state index in [1.807, 2.05) is 20.8 Å². The van der Waals surface area contributed by atoms with Crippen LogP contribution in [-0.4, -0.2) is 73.8 Å². The average Bonchev–Trinajstić information content (AvgIpc) is 2.64. The Labute approximate surface area is 166 Å². The van der Waals surface area contributed by atoms with Crippen molar-refractivity contribution in [1.82, 2.24) is 15.1 Å². The summed E-state index contributed by atoms with van der Waals surface area (Å²) in [7, 11) is 1.52. The van der Waals surface area contributed by atoms with E-state index in [1.54, 1.807) is 23.1 Å². The van der Waals surface area contributed by atoms with Gasteiger partial charge < -0.3 is 25.4 Å². The molecule has 0 saturated carbocycles. The maximum Gasteiger partial charge on any atom is 0.410 e. The minimum atomic E-state index is -0.471. The Bertz CT molecular complexity index is 679. The predicted molar refractivity (Wildman–Crippen MR) is 109 cm³/mol. The molecule has 2 rings (SSSR count). The molecule has 1 heterocycles. The lowest BCUT2D eigenvalue weighted by atomic mass is 10.1. The molecule has 0 aliphatic carbocycles. The summed E-state index contributed by atoms with van der Waals surface area (Å²) in [6.07, 6.45) is 0.586. The third kappa shape index (κ3) is 6.60. The second-order valence-electron chi connectivity index (χ2n) is 7.88. The first-order valence-electron chi connectivity index (χ1n) is 9.61. The number of carbonyl (C=O) groups excluding carboxylic acids is 2. The standard InChI is InChI=1S/C20H32N4O4/c1-20(2,3)28-19(26)24-12-10-23(11-13-24)9-5-8-22-18(25)15-6-7-16(21)17(14-15)27-4/h6-7,14H,5,8-13,21H2,1-4H3,(H,22,25). The number of benzene rings is 1. The lowest BCUT2D eigenvalue weighted by Crippen LogP contribution is -2.50. The first-order chi connectivity index (χ1) is 13.2. The molecule has 0 radical (unpaired) electrons. The number of nitrogens with two attached hydrogens (primary N) is 1. The van der Waals surface area contributed by atoms with Crippen LogP contribution in [0, 0.1) is 0 Å². The molecule has 1 aromatic carbocycles. The number of nitrogen functional groups attached to an aromatic ring is 1. The van der Waals surface area contributed by atoms with Crippen molar-refractivity contribution in [3.63, 3.8) is 0 Å². The quantitative estimate of drug-likeness (QED) is 0.567. The summed E-state index contributed by atoms with van der Waals surface area (Å²) in [5, 5.41) is 2.92. The van der Waals surface area contributed by atoms with Crippen LogP contribution in [0.25, 0.3) is 0 Å². The molecule has 2 amide bonds. The van der Waals surface area contributed by atoms with Crippen molar-refractivity contribution in [2.24, 2.45) is 0 Å². The van der Waals surface area contributed by atoms with Gasteiger partial charge in [0.2, 0.25) is 0 Å². The zero-order valence-electron chi connectivity index (χ0n) is 17.3. The van der Waals surface area contributed by atoms with Crippen molar-refractivity contribution >= 4 is 17.7 Å². The van der Waals surface area contributed by atoms with Crippen LogP contribution in [-0.2, 0) is 4.74 Å². The Morgan fingerprint density at radius 3 is 2.46 bits per heavy atom. The number of piperazine rings is 1. The van der Waals surface area contributed by atoms with Crippen LogP contribution in [0.3, 0.4) is 0 Å². The van der Waals surface area contributed by atoms with Gasteiger partial charge in [0.15, 0.2) is 0 Å². The minimum Gasteiger partial charge on any atom is -0.495 e. The molecule has 8 heteroatoms. The van der Waals surface area contributed by atoms with E-state index in [9.17, 15) is 9.59 Å². The second-order valence-corrected chi connectivity index (χ2v) is 7.88. The summed E-state index contributed by atoms with van der Waals surface area (Å²) >= 11 is 0. The monoisotopic (exact) mass is 392 g/mol. The molecule has 0 aromatic heterocycles. The van der Waals surface area contributed by atoms with Crippen molar-refractivity contribution < 1.29 is 19.1 Å². The molecular weight excluding hydrogens is 360 g/mol. The number of carbonyl (C=O) groups is 2. The smallest absolute Gasteiger partial charge is 0.410 e. The predicted octanol–water partition coefficient (Wildman–Crippen LogP) is 1.95. The summed E-state index contributed by atoms with van der Waals surface area (Å²) in [4.78, 5) is 28.3. The lowest BCUT2D eigenvalue weighted by Gasteiger charge is -2.35. The van der Waals surface area contributed by atoms with Gasteiger partial charge in [-0.1, -0.05) is 0 Å². The maximum absolute atomic E-state index is 12.2. The summed E-state index contributed by atoms with van der Waals surface area (Å²) in [6, 6.07) is 4.99. The first-order valence-corrected chi connectivity index (χ1v) is 9.61. The van der Waals surface area contributed by atoms with E-state index in [-0.39, 0.29) is 12.0 Å². The van der Waals surface area contributed by atoms with Crippen molar-refractivity contribution in [2.45, 2.75) is 32.8 Å². The third-order valence-corrected chi connectivity index (χ3v) is 4.46. The van der Waals surface area contributed by atoms with Crippen LogP contribution in [0.5, 0.6) is 5.75 Å². The van der Waals surface area contributed by atoms with Crippen molar-refractivity contribution in [1.29, 1.82) is 0 Å². The molecule has 1 aliphatic rings. The van der Waals surface area contributed by atoms with Crippen LogP contribution in [0.4, 0.5) is 10.5 Å². The molecule has 1 aromatic rings. The Morgan fingerprint density at radius 2 is 1.86 bits per heavy atom. The molecule has 156 valence electrons. The topological polar surface area (TPSA) is 97.1 Å². The molecule has 8 nitrogen and oxygen atoms in total. The minimum absolute atomic E-state index is 0.145. The van der Waals surface area contributed by atoms with Gasteiger partial charge in [0.1, 0.15) is 11.4 Å². The third-order valence-electron chi connectivity index (χ3n) is 4.46. The highest BCUT2D eigenvalue weighted by atomic mass is 16.6. The number of methoxy groups -OCH3 is 1. The molecule has 1 saturated heterocycles. The molecule has 1 aliphatic heterocycles. The highest BCUT2D eigenvalue weighted by Gasteiger charge is 2.25. The van der Waals surface area contributed by atoms with Crippen LogP contribution >= 0.6 is 0 Å². The average molecular weight is 393 g/mol. The highest BCUT2D eigenvalue weighted by molar-refractivity contribution is 5.95. The molecule has 0 bridgehead atoms. The van der Waals surface area contributed by atoms with Crippen molar-refractivity contribution in [2.75, 3.05) is 52.1 Å². The van der Waals surface area contributed by atoms with Gasteiger partial charge >= 0.3 is 6.09 Å². The van der Waals surface area contributed by atoms with E-state index in [2.05, 4.69) is 10.2 Å². The number of amides is 2. The largest absolute Gasteiger partial charge is 0.495 e. The lowest BCUT2D eigenvalue weighted by molar-refractivity contribution is 0.0144. The number of hydrogen-bond acceptors (Lipinski definition) is 6. The first kappa shape index (κ1) is 21.8. The Morgan fingerprint density at radius 1 is 1.18 bits per heavy atom. The normalized spacial score (nSPS) is 15.2. The van der Waals surface area contributed by atoms with Crippen molar-refractivity contribution in [3.8, 4) is 5.75 Å². The van der Waals surface area contributed by atoms with Crippen LogP contribution in [0.2, 0.25) is 0 Å². The molecular formula is C20H32N4O4. The van der Waals surface area contributed by atoms with Gasteiger partial charge in [0.05, 0.1) is 12.8 Å². The zero-order valence-corrected chi connectivity index (χ0v) is 17.3. The molecule has 0 spiro atoms. The summed E-state index contributed by atoms with van der Waals surface area (Å²) in [5.74, 6) is 0.351. The van der Waals surface area contributed by atoms with E-state index in [4.69, 9.17) is 15.2 Å². The molecule has 28 heavy (non-hydrogen) atoms. The van der Waals surface area contributed by atoms with Gasteiger partial charge in [-0.2, -0.15) is 0 Å². The fourth-order valence-electron chi connectivity index (χ4n) is 2.94. The number of hydrogen-bond donors (Lipinski definition) is 2. The maximum atomic E-state index is 12.2.